The van der Waals surface area contributed by atoms with E-state index in [0.29, 0.717) is 27.8 Å². The Hall–Kier alpha value is -4.25. The summed E-state index contributed by atoms with van der Waals surface area (Å²) in [5.74, 6) is 0.725. The lowest BCUT2D eigenvalue weighted by molar-refractivity contribution is -0.384. The predicted octanol–water partition coefficient (Wildman–Crippen LogP) is 6.87. The van der Waals surface area contributed by atoms with Crippen LogP contribution in [0, 0.1) is 24.0 Å². The molecule has 0 spiro atoms. The Labute approximate surface area is 248 Å². The van der Waals surface area contributed by atoms with Crippen molar-refractivity contribution in [2.75, 3.05) is 25.6 Å². The van der Waals surface area contributed by atoms with Crippen LogP contribution in [0.4, 0.5) is 16.2 Å². The third-order valence-electron chi connectivity index (χ3n) is 7.67. The number of nitrogens with zero attached hydrogens (tertiary/aromatic N) is 3. The molecule has 11 heteroatoms. The minimum absolute atomic E-state index is 0.0311. The summed E-state index contributed by atoms with van der Waals surface area (Å²) in [5.41, 5.74) is 3.64. The molecule has 0 radical (unpaired) electrons. The molecule has 1 saturated heterocycles. The smallest absolute Gasteiger partial charge is 0.294 e. The Morgan fingerprint density at radius 2 is 1.81 bits per heavy atom. The number of thioether (sulfide) groups is 1. The first-order valence-electron chi connectivity index (χ1n) is 14.0. The standard InChI is InChI=1S/C31H34N4O6S/c1-20-17-22(18-29-30(36)33(31(37)42-29)15-16-41-28-12-8-7-11-27(28)40-3)21(2)34(20)24-13-14-25(26(19-24)35(38)39)32-23-9-5-4-6-10-23/h7-8,11-14,17-19,23,32H,4-6,9-10,15-16H2,1-3H3/b29-18-. The highest BCUT2D eigenvalue weighted by Gasteiger charge is 2.35. The lowest BCUT2D eigenvalue weighted by Gasteiger charge is -2.24. The van der Waals surface area contributed by atoms with Crippen molar-refractivity contribution in [3.05, 3.63) is 80.5 Å². The van der Waals surface area contributed by atoms with Crippen LogP contribution >= 0.6 is 11.8 Å². The van der Waals surface area contributed by atoms with Gasteiger partial charge in [0, 0.05) is 23.5 Å². The third kappa shape index (κ3) is 6.15. The summed E-state index contributed by atoms with van der Waals surface area (Å²) in [6, 6.07) is 14.6. The molecule has 5 rings (SSSR count). The van der Waals surface area contributed by atoms with Crippen LogP contribution in [0.25, 0.3) is 11.8 Å². The van der Waals surface area contributed by atoms with Crippen molar-refractivity contribution in [2.45, 2.75) is 52.0 Å². The molecule has 1 saturated carbocycles. The fourth-order valence-corrected chi connectivity index (χ4v) is 6.40. The van der Waals surface area contributed by atoms with Gasteiger partial charge in [-0.05, 0) is 80.4 Å². The number of hydrogen-bond acceptors (Lipinski definition) is 8. The first kappa shape index (κ1) is 29.2. The Bertz CT molecular complexity index is 1540. The van der Waals surface area contributed by atoms with E-state index >= 15 is 0 Å². The highest BCUT2D eigenvalue weighted by molar-refractivity contribution is 8.18. The molecule has 0 unspecified atom stereocenters. The molecule has 2 fully saturated rings. The van der Waals surface area contributed by atoms with Crippen LogP contribution in [0.5, 0.6) is 11.5 Å². The predicted molar refractivity (Wildman–Crippen MR) is 164 cm³/mol. The molecule has 2 aliphatic rings. The van der Waals surface area contributed by atoms with E-state index in [1.54, 1.807) is 37.5 Å². The highest BCUT2D eigenvalue weighted by atomic mass is 32.2. The Balaban J connectivity index is 1.33. The minimum atomic E-state index is -0.382. The molecule has 42 heavy (non-hydrogen) atoms. The molecule has 2 amide bonds. The van der Waals surface area contributed by atoms with Gasteiger partial charge in [-0.1, -0.05) is 31.4 Å². The van der Waals surface area contributed by atoms with Crippen LogP contribution in [0.15, 0.2) is 53.4 Å². The van der Waals surface area contributed by atoms with Gasteiger partial charge in [-0.25, -0.2) is 0 Å². The first-order chi connectivity index (χ1) is 20.3. The fraction of sp³-hybridized carbons (Fsp3) is 0.355. The number of aromatic nitrogens is 1. The first-order valence-corrected chi connectivity index (χ1v) is 14.8. The molecule has 1 N–H and O–H groups in total. The van der Waals surface area contributed by atoms with Crippen LogP contribution in [-0.4, -0.2) is 51.8 Å². The number of nitro benzene ring substituents is 1. The van der Waals surface area contributed by atoms with E-state index in [2.05, 4.69) is 5.32 Å². The number of para-hydroxylation sites is 2. The van der Waals surface area contributed by atoms with Crippen molar-refractivity contribution in [1.82, 2.24) is 9.47 Å². The van der Waals surface area contributed by atoms with Crippen molar-refractivity contribution < 1.29 is 24.0 Å². The van der Waals surface area contributed by atoms with Crippen LogP contribution < -0.4 is 14.8 Å². The number of benzene rings is 2. The van der Waals surface area contributed by atoms with Crippen LogP contribution in [0.1, 0.15) is 49.1 Å². The molecule has 1 aliphatic carbocycles. The van der Waals surface area contributed by atoms with Gasteiger partial charge in [0.1, 0.15) is 12.3 Å². The van der Waals surface area contributed by atoms with E-state index in [1.807, 2.05) is 42.7 Å². The van der Waals surface area contributed by atoms with Crippen molar-refractivity contribution in [1.29, 1.82) is 0 Å². The van der Waals surface area contributed by atoms with Gasteiger partial charge in [0.05, 0.1) is 29.2 Å². The zero-order chi connectivity index (χ0) is 29.8. The van der Waals surface area contributed by atoms with Crippen molar-refractivity contribution in [2.24, 2.45) is 0 Å². The van der Waals surface area contributed by atoms with E-state index in [9.17, 15) is 19.7 Å². The summed E-state index contributed by atoms with van der Waals surface area (Å²) in [6.45, 7) is 4.03. The summed E-state index contributed by atoms with van der Waals surface area (Å²) in [5, 5.41) is 15.0. The summed E-state index contributed by atoms with van der Waals surface area (Å²) < 4.78 is 13.0. The van der Waals surface area contributed by atoms with E-state index in [0.717, 1.165) is 54.4 Å². The molecular weight excluding hydrogens is 556 g/mol. The van der Waals surface area contributed by atoms with E-state index in [4.69, 9.17) is 9.47 Å². The fourth-order valence-electron chi connectivity index (χ4n) is 5.55. The van der Waals surface area contributed by atoms with Gasteiger partial charge in [-0.15, -0.1) is 0 Å². The summed E-state index contributed by atoms with van der Waals surface area (Å²) in [4.78, 5) is 38.9. The number of carbonyl (C=O) groups excluding carboxylic acids is 2. The second kappa shape index (κ2) is 12.7. The van der Waals surface area contributed by atoms with Gasteiger partial charge in [-0.2, -0.15) is 0 Å². The highest BCUT2D eigenvalue weighted by Crippen LogP contribution is 2.36. The zero-order valence-electron chi connectivity index (χ0n) is 23.9. The number of aryl methyl sites for hydroxylation is 1. The number of rotatable bonds is 10. The topological polar surface area (TPSA) is 116 Å². The zero-order valence-corrected chi connectivity index (χ0v) is 24.7. The van der Waals surface area contributed by atoms with E-state index in [-0.39, 0.29) is 41.0 Å². The van der Waals surface area contributed by atoms with Crippen molar-refractivity contribution in [3.63, 3.8) is 0 Å². The minimum Gasteiger partial charge on any atom is -0.493 e. The number of ether oxygens (including phenoxy) is 2. The number of carbonyl (C=O) groups is 2. The Kier molecular flexibility index (Phi) is 8.86. The van der Waals surface area contributed by atoms with Gasteiger partial charge in [0.25, 0.3) is 16.8 Å². The summed E-state index contributed by atoms with van der Waals surface area (Å²) in [6.07, 6.45) is 7.20. The normalized spacial score (nSPS) is 16.7. The van der Waals surface area contributed by atoms with Crippen LogP contribution in [0.2, 0.25) is 0 Å². The van der Waals surface area contributed by atoms with Gasteiger partial charge >= 0.3 is 0 Å². The van der Waals surface area contributed by atoms with Crippen molar-refractivity contribution in [3.8, 4) is 17.2 Å². The number of hydrogen-bond donors (Lipinski definition) is 1. The van der Waals surface area contributed by atoms with Gasteiger partial charge in [0.2, 0.25) is 0 Å². The molecule has 10 nitrogen and oxygen atoms in total. The monoisotopic (exact) mass is 590 g/mol. The number of amides is 2. The van der Waals surface area contributed by atoms with Crippen LogP contribution in [-0.2, 0) is 4.79 Å². The maximum Gasteiger partial charge on any atom is 0.294 e. The Morgan fingerprint density at radius 3 is 2.52 bits per heavy atom. The average Bonchev–Trinajstić information content (AvgIpc) is 3.42. The van der Waals surface area contributed by atoms with Gasteiger partial charge in [-0.3, -0.25) is 24.6 Å². The molecule has 2 heterocycles. The molecule has 220 valence electrons. The van der Waals surface area contributed by atoms with Gasteiger partial charge < -0.3 is 19.4 Å². The number of anilines is 1. The molecule has 0 bridgehead atoms. The summed E-state index contributed by atoms with van der Waals surface area (Å²) >= 11 is 0.886. The quantitative estimate of drug-likeness (QED) is 0.154. The Morgan fingerprint density at radius 1 is 1.07 bits per heavy atom. The third-order valence-corrected chi connectivity index (χ3v) is 8.58. The average molecular weight is 591 g/mol. The number of imide groups is 1. The molecule has 3 aromatic rings. The lowest BCUT2D eigenvalue weighted by atomic mass is 9.95. The van der Waals surface area contributed by atoms with E-state index < -0.39 is 0 Å². The number of nitrogens with one attached hydrogen (secondary N) is 1. The maximum atomic E-state index is 13.1. The number of nitro groups is 1. The van der Waals surface area contributed by atoms with Gasteiger partial charge in [0.15, 0.2) is 11.5 Å². The second-order valence-corrected chi connectivity index (χ2v) is 11.4. The lowest BCUT2D eigenvalue weighted by Crippen LogP contribution is -2.32. The summed E-state index contributed by atoms with van der Waals surface area (Å²) in [7, 11) is 1.55. The van der Waals surface area contributed by atoms with Crippen molar-refractivity contribution >= 4 is 40.4 Å². The number of methoxy groups -OCH3 is 1. The molecule has 0 atom stereocenters. The molecular formula is C31H34N4O6S. The van der Waals surface area contributed by atoms with Crippen LogP contribution in [0.3, 0.4) is 0 Å². The largest absolute Gasteiger partial charge is 0.493 e. The molecule has 2 aromatic carbocycles. The SMILES string of the molecule is COc1ccccc1OCCN1C(=O)S/C(=C\c2cc(C)n(-c3ccc(NC4CCCCC4)c([N+](=O)[O-])c3)c2C)C1=O. The maximum absolute atomic E-state index is 13.1. The molecule has 1 aromatic heterocycles. The second-order valence-electron chi connectivity index (χ2n) is 10.4. The van der Waals surface area contributed by atoms with E-state index in [1.165, 1.54) is 11.3 Å². The molecule has 1 aliphatic heterocycles.